The molecule has 0 radical (unpaired) electrons. The zero-order valence-electron chi connectivity index (χ0n) is 17.5. The number of benzene rings is 1. The summed E-state index contributed by atoms with van der Waals surface area (Å²) in [5.41, 5.74) is 2.59. The third-order valence-corrected chi connectivity index (χ3v) is 7.87. The van der Waals surface area contributed by atoms with Gasteiger partial charge < -0.3 is 5.32 Å². The third kappa shape index (κ3) is 4.54. The van der Waals surface area contributed by atoms with E-state index in [2.05, 4.69) is 24.8 Å². The highest BCUT2D eigenvalue weighted by Crippen LogP contribution is 2.53. The molecule has 0 saturated heterocycles. The Bertz CT molecular complexity index is 979. The molecule has 0 bridgehead atoms. The Morgan fingerprint density at radius 1 is 1.20 bits per heavy atom. The molecule has 1 unspecified atom stereocenters. The van der Waals surface area contributed by atoms with Crippen molar-refractivity contribution in [1.82, 2.24) is 14.9 Å². The fraction of sp³-hybridized carbons (Fsp3) is 0.450. The number of hydrogen-bond acceptors (Lipinski definition) is 3. The van der Waals surface area contributed by atoms with E-state index < -0.39 is 31.8 Å². The van der Waals surface area contributed by atoms with Crippen LogP contribution in [0.2, 0.25) is 5.28 Å². The molecular formula is C20H25ClF3N5P+. The van der Waals surface area contributed by atoms with Gasteiger partial charge in [-0.25, -0.2) is 23.1 Å². The number of aromatic nitrogens is 2. The lowest BCUT2D eigenvalue weighted by Gasteiger charge is -2.19. The minimum absolute atomic E-state index is 0.110. The van der Waals surface area contributed by atoms with Gasteiger partial charge in [-0.3, -0.25) is 9.48 Å². The molecule has 1 aliphatic heterocycles. The molecule has 1 aliphatic rings. The average molecular weight is 459 g/mol. The molecule has 5 nitrogen and oxygen atoms in total. The Morgan fingerprint density at radius 2 is 1.87 bits per heavy atom. The van der Waals surface area contributed by atoms with Crippen molar-refractivity contribution in [2.75, 3.05) is 33.5 Å². The lowest BCUT2D eigenvalue weighted by Crippen LogP contribution is -2.28. The molecule has 2 heterocycles. The Kier molecular flexibility index (Phi) is 6.88. The van der Waals surface area contributed by atoms with Crippen molar-refractivity contribution in [3.05, 3.63) is 51.7 Å². The van der Waals surface area contributed by atoms with Gasteiger partial charge in [0.25, 0.3) is 12.0 Å². The van der Waals surface area contributed by atoms with E-state index in [0.717, 1.165) is 29.6 Å². The van der Waals surface area contributed by atoms with E-state index in [0.29, 0.717) is 5.82 Å². The summed E-state index contributed by atoms with van der Waals surface area (Å²) in [5.74, 6) is -0.372. The maximum atomic E-state index is 14.6. The van der Waals surface area contributed by atoms with Crippen molar-refractivity contribution < 1.29 is 17.7 Å². The second-order valence-corrected chi connectivity index (χ2v) is 10.1. The molecule has 1 aromatic heterocycles. The van der Waals surface area contributed by atoms with Gasteiger partial charge in [0, 0.05) is 31.4 Å². The fourth-order valence-electron chi connectivity index (χ4n) is 3.81. The Balaban J connectivity index is 1.92. The van der Waals surface area contributed by atoms with Crippen molar-refractivity contribution in [2.45, 2.75) is 31.7 Å². The first kappa shape index (κ1) is 22.8. The molecule has 3 rings (SSSR count). The van der Waals surface area contributed by atoms with Crippen LogP contribution in [0.15, 0.2) is 18.2 Å². The van der Waals surface area contributed by atoms with E-state index in [4.69, 9.17) is 11.6 Å². The summed E-state index contributed by atoms with van der Waals surface area (Å²) in [5, 5.41) is 3.29. The van der Waals surface area contributed by atoms with E-state index in [1.165, 1.54) is 17.7 Å². The monoisotopic (exact) mass is 458 g/mol. The van der Waals surface area contributed by atoms with Gasteiger partial charge in [-0.2, -0.15) is 0 Å². The zero-order chi connectivity index (χ0) is 22.2. The normalized spacial score (nSPS) is 16.4. The summed E-state index contributed by atoms with van der Waals surface area (Å²) in [6.07, 6.45) is -1.33. The number of rotatable bonds is 5. The van der Waals surface area contributed by atoms with Crippen LogP contribution in [0.5, 0.6) is 0 Å². The first-order chi connectivity index (χ1) is 14.1. The maximum absolute atomic E-state index is 14.6. The van der Waals surface area contributed by atoms with Crippen molar-refractivity contribution >= 4 is 30.9 Å². The first-order valence-electron chi connectivity index (χ1n) is 9.45. The Hall–Kier alpha value is -1.92. The Morgan fingerprint density at radius 3 is 2.47 bits per heavy atom. The number of alkyl halides is 2. The lowest BCUT2D eigenvalue weighted by atomic mass is 10.0. The fourth-order valence-corrected chi connectivity index (χ4v) is 6.86. The number of amidine groups is 1. The van der Waals surface area contributed by atoms with Gasteiger partial charge >= 0.3 is 0 Å². The summed E-state index contributed by atoms with van der Waals surface area (Å²) in [7, 11) is 7.50. The minimum atomic E-state index is -2.87. The van der Waals surface area contributed by atoms with Crippen LogP contribution in [-0.2, 0) is 12.3 Å². The van der Waals surface area contributed by atoms with Gasteiger partial charge in [-0.15, -0.1) is 0 Å². The third-order valence-electron chi connectivity index (χ3n) is 4.95. The van der Waals surface area contributed by atoms with Crippen LogP contribution in [0.3, 0.4) is 0 Å². The van der Waals surface area contributed by atoms with Crippen LogP contribution in [0.25, 0.3) is 0 Å². The Labute approximate surface area is 180 Å². The molecule has 2 atom stereocenters. The smallest absolute Gasteiger partial charge is 0.266 e. The number of nitrogens with zero attached hydrogens (tertiary/aromatic N) is 4. The van der Waals surface area contributed by atoms with Crippen LogP contribution in [0, 0.1) is 5.82 Å². The molecule has 0 saturated carbocycles. The summed E-state index contributed by atoms with van der Waals surface area (Å²) in [6.45, 7) is 1.71. The second kappa shape index (κ2) is 9.06. The maximum Gasteiger partial charge on any atom is 0.266 e. The number of anilines is 1. The molecule has 162 valence electrons. The van der Waals surface area contributed by atoms with E-state index in [-0.39, 0.29) is 10.8 Å². The van der Waals surface area contributed by atoms with Crippen LogP contribution in [0.4, 0.5) is 19.0 Å². The summed E-state index contributed by atoms with van der Waals surface area (Å²) in [6, 6.07) is 3.46. The molecule has 0 spiro atoms. The van der Waals surface area contributed by atoms with Crippen molar-refractivity contribution in [3.8, 4) is 0 Å². The summed E-state index contributed by atoms with van der Waals surface area (Å²) in [4.78, 5) is 10.8. The van der Waals surface area contributed by atoms with Crippen molar-refractivity contribution in [3.63, 3.8) is 0 Å². The van der Waals surface area contributed by atoms with Gasteiger partial charge in [0.05, 0.1) is 45.5 Å². The summed E-state index contributed by atoms with van der Waals surface area (Å²) < 4.78 is 42.8. The van der Waals surface area contributed by atoms with Gasteiger partial charge in [-0.1, -0.05) is 18.2 Å². The zero-order valence-corrected chi connectivity index (χ0v) is 19.2. The molecule has 0 aliphatic carbocycles. The molecular weight excluding hydrogens is 434 g/mol. The highest BCUT2D eigenvalue weighted by Gasteiger charge is 2.35. The average Bonchev–Trinajstić information content (AvgIpc) is 3.03. The molecule has 10 heteroatoms. The number of nitrogens with one attached hydrogen (secondary N) is 1. The highest BCUT2D eigenvalue weighted by atomic mass is 35.5. The predicted molar refractivity (Wildman–Crippen MR) is 116 cm³/mol. The lowest BCUT2D eigenvalue weighted by molar-refractivity contribution is -0.466. The number of hydrogen-bond donors (Lipinski definition) is 1. The number of fused-ring (bicyclic) bond motifs is 1. The minimum Gasteiger partial charge on any atom is -0.363 e. The SMILES string of the molecule is C[C@@H](Nc1nc(Cl)nc2c1CP(C(N(C)C)=[N+](C)C)C2)c1cccc(C(F)F)c1F. The van der Waals surface area contributed by atoms with Crippen LogP contribution in [-0.4, -0.2) is 53.2 Å². The van der Waals surface area contributed by atoms with Crippen LogP contribution >= 0.6 is 19.5 Å². The topological polar surface area (TPSA) is 44.1 Å². The van der Waals surface area contributed by atoms with Crippen LogP contribution in [0.1, 0.15) is 41.8 Å². The molecule has 2 aromatic rings. The first-order valence-corrected chi connectivity index (χ1v) is 11.5. The predicted octanol–water partition coefficient (Wildman–Crippen LogP) is 5.07. The van der Waals surface area contributed by atoms with Crippen LogP contribution < -0.4 is 5.32 Å². The van der Waals surface area contributed by atoms with E-state index in [9.17, 15) is 13.2 Å². The number of halogens is 4. The van der Waals surface area contributed by atoms with Gasteiger partial charge in [-0.05, 0) is 18.5 Å². The van der Waals surface area contributed by atoms with Gasteiger partial charge in [0.1, 0.15) is 11.6 Å². The van der Waals surface area contributed by atoms with Crippen molar-refractivity contribution in [2.24, 2.45) is 0 Å². The largest absolute Gasteiger partial charge is 0.363 e. The molecule has 0 amide bonds. The quantitative estimate of drug-likeness (QED) is 0.223. The van der Waals surface area contributed by atoms with Gasteiger partial charge in [0.2, 0.25) is 5.28 Å². The molecule has 1 N–H and O–H groups in total. The van der Waals surface area contributed by atoms with E-state index in [1.807, 2.05) is 28.2 Å². The second-order valence-electron chi connectivity index (χ2n) is 7.63. The highest BCUT2D eigenvalue weighted by molar-refractivity contribution is 7.73. The van der Waals surface area contributed by atoms with E-state index >= 15 is 0 Å². The molecule has 1 aromatic carbocycles. The summed E-state index contributed by atoms with van der Waals surface area (Å²) >= 11 is 6.15. The molecule has 30 heavy (non-hydrogen) atoms. The standard InChI is InChI=1S/C20H25ClF3N5P/c1-11(12-7-6-8-13(16(12)22)17(23)24)25-18-14-9-30(20(28(2)3)29(4)5)10-15(14)26-19(21)27-18/h6-8,11,17H,9-10H2,1-5H3,(H,25,26,27)/q+1/t11-,30?/m1/s1. The van der Waals surface area contributed by atoms with Crippen molar-refractivity contribution in [1.29, 1.82) is 0 Å². The van der Waals surface area contributed by atoms with Gasteiger partial charge in [0.15, 0.2) is 0 Å². The molecule has 0 fully saturated rings. The van der Waals surface area contributed by atoms with E-state index in [1.54, 1.807) is 6.92 Å².